The number of nitrogens with one attached hydrogen (secondary N) is 2. The number of guanidine groups is 1. The molecule has 0 bridgehead atoms. The van der Waals surface area contributed by atoms with Crippen LogP contribution >= 0.6 is 24.0 Å². The number of aliphatic imine (C=N–C) groups is 1. The largest absolute Gasteiger partial charge is 0.396 e. The summed E-state index contributed by atoms with van der Waals surface area (Å²) >= 11 is 0. The fraction of sp³-hybridized carbons (Fsp3) is 0.941. The van der Waals surface area contributed by atoms with Crippen molar-refractivity contribution < 1.29 is 9.84 Å². The van der Waals surface area contributed by atoms with E-state index in [1.807, 2.05) is 7.05 Å². The van der Waals surface area contributed by atoms with Gasteiger partial charge >= 0.3 is 0 Å². The van der Waals surface area contributed by atoms with Gasteiger partial charge in [-0.25, -0.2) is 0 Å². The summed E-state index contributed by atoms with van der Waals surface area (Å²) in [5, 5.41) is 16.3. The highest BCUT2D eigenvalue weighted by molar-refractivity contribution is 14.0. The zero-order chi connectivity index (χ0) is 15.4. The molecule has 3 fully saturated rings. The minimum Gasteiger partial charge on any atom is -0.396 e. The highest BCUT2D eigenvalue weighted by atomic mass is 127. The summed E-state index contributed by atoms with van der Waals surface area (Å²) in [5.41, 5.74) is 0.0682. The van der Waals surface area contributed by atoms with Crippen LogP contribution in [0.5, 0.6) is 0 Å². The molecule has 3 rings (SSSR count). The average molecular weight is 437 g/mol. The van der Waals surface area contributed by atoms with Gasteiger partial charge in [0.25, 0.3) is 0 Å². The monoisotopic (exact) mass is 437 g/mol. The second kappa shape index (κ2) is 8.85. The van der Waals surface area contributed by atoms with Gasteiger partial charge in [-0.15, -0.1) is 24.0 Å². The zero-order valence-corrected chi connectivity index (χ0v) is 16.6. The number of hydrogen-bond donors (Lipinski definition) is 3. The third kappa shape index (κ3) is 5.46. The highest BCUT2D eigenvalue weighted by Crippen LogP contribution is 2.48. The molecule has 0 radical (unpaired) electrons. The Kier molecular flexibility index (Phi) is 7.41. The Hall–Kier alpha value is -0.0800. The standard InChI is InChI=1S/C17H31N3O2.HI/c1-18-16(19-10-15(13-2-3-13)14-4-5-14)20-11-17(6-8-21)7-9-22-12-17;/h13-15,21H,2-12H2,1H3,(H2,18,19,20);1H. The van der Waals surface area contributed by atoms with E-state index in [9.17, 15) is 5.11 Å². The summed E-state index contributed by atoms with van der Waals surface area (Å²) in [6.07, 6.45) is 7.50. The van der Waals surface area contributed by atoms with Crippen molar-refractivity contribution in [3.8, 4) is 0 Å². The average Bonchev–Trinajstić information content (AvgIpc) is 3.44. The van der Waals surface area contributed by atoms with Gasteiger partial charge in [0.05, 0.1) is 6.61 Å². The first-order chi connectivity index (χ1) is 10.8. The van der Waals surface area contributed by atoms with Crippen molar-refractivity contribution in [2.75, 3.05) is 40.0 Å². The number of rotatable bonds is 8. The molecule has 0 spiro atoms. The van der Waals surface area contributed by atoms with Gasteiger partial charge in [0, 0.05) is 38.8 Å². The molecule has 1 unspecified atom stereocenters. The predicted molar refractivity (Wildman–Crippen MR) is 103 cm³/mol. The number of hydrogen-bond acceptors (Lipinski definition) is 3. The van der Waals surface area contributed by atoms with E-state index in [2.05, 4.69) is 15.6 Å². The van der Waals surface area contributed by atoms with E-state index in [0.717, 1.165) is 62.9 Å². The fourth-order valence-electron chi connectivity index (χ4n) is 3.79. The van der Waals surface area contributed by atoms with Crippen LogP contribution in [0.2, 0.25) is 0 Å². The molecule has 1 saturated heterocycles. The number of halogens is 1. The van der Waals surface area contributed by atoms with Gasteiger partial charge < -0.3 is 20.5 Å². The molecule has 134 valence electrons. The van der Waals surface area contributed by atoms with Crippen molar-refractivity contribution in [2.24, 2.45) is 28.2 Å². The molecule has 0 aromatic rings. The van der Waals surface area contributed by atoms with Crippen molar-refractivity contribution in [3.63, 3.8) is 0 Å². The third-order valence-corrected chi connectivity index (χ3v) is 5.64. The van der Waals surface area contributed by atoms with Crippen LogP contribution in [0.15, 0.2) is 4.99 Å². The molecule has 1 heterocycles. The lowest BCUT2D eigenvalue weighted by Crippen LogP contribution is -2.46. The summed E-state index contributed by atoms with van der Waals surface area (Å²) < 4.78 is 5.55. The normalized spacial score (nSPS) is 27.9. The molecule has 0 aromatic heterocycles. The summed E-state index contributed by atoms with van der Waals surface area (Å²) in [6, 6.07) is 0. The van der Waals surface area contributed by atoms with Crippen molar-refractivity contribution >= 4 is 29.9 Å². The minimum absolute atomic E-state index is 0. The molecular formula is C17H32IN3O2. The molecule has 2 saturated carbocycles. The smallest absolute Gasteiger partial charge is 0.191 e. The number of nitrogens with zero attached hydrogens (tertiary/aromatic N) is 1. The maximum absolute atomic E-state index is 9.30. The van der Waals surface area contributed by atoms with E-state index in [1.165, 1.54) is 25.7 Å². The molecule has 3 aliphatic rings. The van der Waals surface area contributed by atoms with Gasteiger partial charge in [0.1, 0.15) is 0 Å². The van der Waals surface area contributed by atoms with E-state index < -0.39 is 0 Å². The Morgan fingerprint density at radius 1 is 1.26 bits per heavy atom. The Morgan fingerprint density at radius 2 is 1.96 bits per heavy atom. The molecule has 6 heteroatoms. The van der Waals surface area contributed by atoms with E-state index in [1.54, 1.807) is 0 Å². The molecule has 1 atom stereocenters. The first-order valence-corrected chi connectivity index (χ1v) is 8.89. The van der Waals surface area contributed by atoms with Crippen molar-refractivity contribution in [2.45, 2.75) is 38.5 Å². The quantitative estimate of drug-likeness (QED) is 0.309. The Morgan fingerprint density at radius 3 is 2.43 bits per heavy atom. The van der Waals surface area contributed by atoms with Gasteiger partial charge in [-0.1, -0.05) is 0 Å². The van der Waals surface area contributed by atoms with E-state index in [-0.39, 0.29) is 36.0 Å². The van der Waals surface area contributed by atoms with Crippen LogP contribution in [-0.4, -0.2) is 51.0 Å². The van der Waals surface area contributed by atoms with Gasteiger partial charge in [-0.3, -0.25) is 4.99 Å². The minimum atomic E-state index is 0. The first kappa shape index (κ1) is 19.2. The van der Waals surface area contributed by atoms with E-state index >= 15 is 0 Å². The Labute approximate surface area is 157 Å². The Balaban J connectivity index is 0.00000192. The lowest BCUT2D eigenvalue weighted by molar-refractivity contribution is 0.127. The maximum atomic E-state index is 9.30. The lowest BCUT2D eigenvalue weighted by Gasteiger charge is -2.28. The molecule has 3 N–H and O–H groups in total. The highest BCUT2D eigenvalue weighted by Gasteiger charge is 2.41. The van der Waals surface area contributed by atoms with E-state index in [0.29, 0.717) is 0 Å². The van der Waals surface area contributed by atoms with Gasteiger partial charge in [0.2, 0.25) is 0 Å². The fourth-order valence-corrected chi connectivity index (χ4v) is 3.79. The number of aliphatic hydroxyl groups is 1. The van der Waals surface area contributed by atoms with Crippen LogP contribution in [0.1, 0.15) is 38.5 Å². The van der Waals surface area contributed by atoms with Crippen LogP contribution in [-0.2, 0) is 4.74 Å². The second-order valence-electron chi connectivity index (χ2n) is 7.42. The lowest BCUT2D eigenvalue weighted by atomic mass is 9.84. The molecule has 0 aromatic carbocycles. The van der Waals surface area contributed by atoms with E-state index in [4.69, 9.17) is 4.74 Å². The topological polar surface area (TPSA) is 65.9 Å². The molecule has 2 aliphatic carbocycles. The third-order valence-electron chi connectivity index (χ3n) is 5.64. The Bertz CT molecular complexity index is 379. The van der Waals surface area contributed by atoms with Crippen molar-refractivity contribution in [1.29, 1.82) is 0 Å². The first-order valence-electron chi connectivity index (χ1n) is 8.89. The summed E-state index contributed by atoms with van der Waals surface area (Å²) in [4.78, 5) is 4.36. The molecule has 1 aliphatic heterocycles. The van der Waals surface area contributed by atoms with Gasteiger partial charge in [0.15, 0.2) is 5.96 Å². The van der Waals surface area contributed by atoms with Crippen molar-refractivity contribution in [1.82, 2.24) is 10.6 Å². The summed E-state index contributed by atoms with van der Waals surface area (Å²) in [6.45, 7) is 3.65. The number of aliphatic hydroxyl groups excluding tert-OH is 1. The van der Waals surface area contributed by atoms with Crippen LogP contribution in [0.25, 0.3) is 0 Å². The van der Waals surface area contributed by atoms with Crippen LogP contribution in [0, 0.1) is 23.2 Å². The summed E-state index contributed by atoms with van der Waals surface area (Å²) in [7, 11) is 1.84. The second-order valence-corrected chi connectivity index (χ2v) is 7.42. The van der Waals surface area contributed by atoms with Crippen molar-refractivity contribution in [3.05, 3.63) is 0 Å². The zero-order valence-electron chi connectivity index (χ0n) is 14.2. The van der Waals surface area contributed by atoms with Crippen LogP contribution in [0.3, 0.4) is 0 Å². The molecule has 0 amide bonds. The SMILES string of the molecule is CN=C(NCC(C1CC1)C1CC1)NCC1(CCO)CCOC1.I. The molecule has 23 heavy (non-hydrogen) atoms. The molecular weight excluding hydrogens is 405 g/mol. The molecule has 5 nitrogen and oxygen atoms in total. The van der Waals surface area contributed by atoms with Gasteiger partial charge in [-0.2, -0.15) is 0 Å². The van der Waals surface area contributed by atoms with Crippen LogP contribution in [0.4, 0.5) is 0 Å². The maximum Gasteiger partial charge on any atom is 0.191 e. The van der Waals surface area contributed by atoms with Crippen LogP contribution < -0.4 is 10.6 Å². The predicted octanol–water partition coefficient (Wildman–Crippen LogP) is 1.99. The number of ether oxygens (including phenoxy) is 1. The summed E-state index contributed by atoms with van der Waals surface area (Å²) in [5.74, 6) is 3.67. The van der Waals surface area contributed by atoms with Gasteiger partial charge in [-0.05, 0) is 56.3 Å².